The lowest BCUT2D eigenvalue weighted by Crippen LogP contribution is -1.93. The molecule has 0 spiro atoms. The molecule has 0 amide bonds. The van der Waals surface area contributed by atoms with E-state index in [1.807, 2.05) is 0 Å². The maximum atomic E-state index is 10.4. The van der Waals surface area contributed by atoms with Crippen LogP contribution in [0.25, 0.3) is 0 Å². The van der Waals surface area contributed by atoms with E-state index in [2.05, 4.69) is 20.9 Å². The third-order valence-electron chi connectivity index (χ3n) is 1.23. The van der Waals surface area contributed by atoms with Gasteiger partial charge in [0.25, 0.3) is 0 Å². The molecule has 1 aromatic rings. The highest BCUT2D eigenvalue weighted by atomic mass is 79.9. The topological polar surface area (TPSA) is 56.0 Å². The number of hydrogen-bond acceptors (Lipinski definition) is 3. The minimum Gasteiger partial charge on any atom is -0.258 e. The first-order chi connectivity index (χ1) is 5.65. The lowest BCUT2D eigenvalue weighted by atomic mass is 10.3. The van der Waals surface area contributed by atoms with E-state index in [-0.39, 0.29) is 16.2 Å². The Morgan fingerprint density at radius 1 is 1.75 bits per heavy atom. The van der Waals surface area contributed by atoms with Gasteiger partial charge in [-0.2, -0.15) is 0 Å². The van der Waals surface area contributed by atoms with Crippen molar-refractivity contribution in [1.82, 2.24) is 4.98 Å². The molecule has 64 valence electrons. The summed E-state index contributed by atoms with van der Waals surface area (Å²) in [5.74, 6) is 0.223. The molecule has 0 aliphatic rings. The Kier molecular flexibility index (Phi) is 2.99. The van der Waals surface area contributed by atoms with E-state index in [0.29, 0.717) is 5.56 Å². The zero-order valence-corrected chi connectivity index (χ0v) is 8.17. The van der Waals surface area contributed by atoms with Gasteiger partial charge in [-0.05, 0) is 21.5 Å². The van der Waals surface area contributed by atoms with Gasteiger partial charge < -0.3 is 0 Å². The quantitative estimate of drug-likeness (QED) is 0.351. The summed E-state index contributed by atoms with van der Waals surface area (Å²) in [5, 5.41) is 10.4. The fraction of sp³-hybridized carbons (Fsp3) is 0.167. The van der Waals surface area contributed by atoms with Crippen molar-refractivity contribution in [2.45, 2.75) is 5.88 Å². The second kappa shape index (κ2) is 3.82. The molecule has 0 saturated carbocycles. The van der Waals surface area contributed by atoms with Gasteiger partial charge in [0.2, 0.25) is 0 Å². The number of aromatic nitrogens is 1. The van der Waals surface area contributed by atoms with E-state index in [0.717, 1.165) is 0 Å². The van der Waals surface area contributed by atoms with Crippen LogP contribution in [-0.2, 0) is 5.88 Å². The van der Waals surface area contributed by atoms with Crippen LogP contribution in [0.4, 0.5) is 5.69 Å². The minimum atomic E-state index is -0.507. The van der Waals surface area contributed by atoms with Crippen molar-refractivity contribution >= 4 is 33.2 Å². The Hall–Kier alpha value is -0.680. The maximum absolute atomic E-state index is 10.4. The van der Waals surface area contributed by atoms with Crippen LogP contribution in [0.15, 0.2) is 16.9 Å². The molecular weight excluding hydrogens is 247 g/mol. The number of pyridine rings is 1. The van der Waals surface area contributed by atoms with Crippen LogP contribution in [0.2, 0.25) is 0 Å². The molecule has 0 bridgehead atoms. The fourth-order valence-corrected chi connectivity index (χ4v) is 1.19. The average Bonchev–Trinajstić information content (AvgIpc) is 2.05. The van der Waals surface area contributed by atoms with Gasteiger partial charge in [-0.15, -0.1) is 11.6 Å². The highest BCUT2D eigenvalue weighted by Crippen LogP contribution is 2.23. The van der Waals surface area contributed by atoms with Crippen molar-refractivity contribution in [1.29, 1.82) is 0 Å². The number of hydrogen-bond donors (Lipinski definition) is 0. The molecule has 0 fully saturated rings. The first-order valence-corrected chi connectivity index (χ1v) is 4.32. The lowest BCUT2D eigenvalue weighted by molar-refractivity contribution is -0.386. The van der Waals surface area contributed by atoms with E-state index in [9.17, 15) is 10.1 Å². The van der Waals surface area contributed by atoms with Crippen LogP contribution in [0.3, 0.4) is 0 Å². The number of nitrogens with zero attached hydrogens (tertiary/aromatic N) is 2. The Balaban J connectivity index is 3.17. The van der Waals surface area contributed by atoms with Gasteiger partial charge >= 0.3 is 5.69 Å². The number of nitro groups is 1. The molecule has 0 aromatic carbocycles. The summed E-state index contributed by atoms with van der Waals surface area (Å²) in [6, 6.07) is 1.39. The summed E-state index contributed by atoms with van der Waals surface area (Å²) in [5.41, 5.74) is 0.569. The fourth-order valence-electron chi connectivity index (χ4n) is 0.679. The Morgan fingerprint density at radius 3 is 2.92 bits per heavy atom. The first-order valence-electron chi connectivity index (χ1n) is 3.00. The number of halogens is 2. The zero-order chi connectivity index (χ0) is 9.14. The van der Waals surface area contributed by atoms with E-state index in [1.165, 1.54) is 12.3 Å². The molecule has 1 aromatic heterocycles. The molecule has 12 heavy (non-hydrogen) atoms. The molecule has 4 nitrogen and oxygen atoms in total. The third-order valence-corrected chi connectivity index (χ3v) is 2.15. The van der Waals surface area contributed by atoms with E-state index >= 15 is 0 Å². The predicted molar refractivity (Wildman–Crippen MR) is 48.1 cm³/mol. The minimum absolute atomic E-state index is 0.0619. The van der Waals surface area contributed by atoms with Crippen LogP contribution in [-0.4, -0.2) is 9.91 Å². The SMILES string of the molecule is O=[N+]([O-])c1cc(CCl)cnc1Br. The molecule has 6 heteroatoms. The molecule has 0 unspecified atom stereocenters. The van der Waals surface area contributed by atoms with Crippen LogP contribution in [0, 0.1) is 10.1 Å². The number of alkyl halides is 1. The third kappa shape index (κ3) is 1.92. The number of rotatable bonds is 2. The smallest absolute Gasteiger partial charge is 0.258 e. The predicted octanol–water partition coefficient (Wildman–Crippen LogP) is 2.49. The monoisotopic (exact) mass is 250 g/mol. The van der Waals surface area contributed by atoms with Crippen LogP contribution < -0.4 is 0 Å². The first kappa shape index (κ1) is 9.41. The van der Waals surface area contributed by atoms with Crippen molar-refractivity contribution in [2.24, 2.45) is 0 Å². The lowest BCUT2D eigenvalue weighted by Gasteiger charge is -1.96. The summed E-state index contributed by atoms with van der Waals surface area (Å²) in [6.45, 7) is 0. The van der Waals surface area contributed by atoms with Crippen molar-refractivity contribution < 1.29 is 4.92 Å². The molecule has 1 rings (SSSR count). The molecular formula is C6H4BrClN2O2. The summed E-state index contributed by atoms with van der Waals surface area (Å²) in [6.07, 6.45) is 1.49. The van der Waals surface area contributed by atoms with Gasteiger partial charge in [0.05, 0.1) is 4.92 Å². The summed E-state index contributed by atoms with van der Waals surface area (Å²) in [4.78, 5) is 13.6. The van der Waals surface area contributed by atoms with Gasteiger partial charge in [0, 0.05) is 18.1 Å². The molecule has 0 N–H and O–H groups in total. The highest BCUT2D eigenvalue weighted by molar-refractivity contribution is 9.10. The van der Waals surface area contributed by atoms with E-state index < -0.39 is 4.92 Å². The van der Waals surface area contributed by atoms with E-state index in [1.54, 1.807) is 0 Å². The largest absolute Gasteiger partial charge is 0.302 e. The Morgan fingerprint density at radius 2 is 2.42 bits per heavy atom. The molecule has 0 aliphatic heterocycles. The van der Waals surface area contributed by atoms with Gasteiger partial charge in [0.15, 0.2) is 4.60 Å². The van der Waals surface area contributed by atoms with Crippen molar-refractivity contribution in [3.8, 4) is 0 Å². The second-order valence-corrected chi connectivity index (χ2v) is 3.06. The van der Waals surface area contributed by atoms with Crippen LogP contribution in [0.5, 0.6) is 0 Å². The molecule has 0 aliphatic carbocycles. The Bertz CT molecular complexity index is 318. The summed E-state index contributed by atoms with van der Waals surface area (Å²) in [7, 11) is 0. The standard InChI is InChI=1S/C6H4BrClN2O2/c7-6-5(10(11)12)1-4(2-8)3-9-6/h1,3H,2H2. The van der Waals surface area contributed by atoms with Crippen LogP contribution >= 0.6 is 27.5 Å². The Labute approximate surface area is 81.8 Å². The second-order valence-electron chi connectivity index (χ2n) is 2.04. The molecule has 1 heterocycles. The molecule has 0 atom stereocenters. The van der Waals surface area contributed by atoms with Gasteiger partial charge in [0.1, 0.15) is 0 Å². The van der Waals surface area contributed by atoms with Crippen LogP contribution in [0.1, 0.15) is 5.56 Å². The molecule has 0 saturated heterocycles. The van der Waals surface area contributed by atoms with Crippen molar-refractivity contribution in [3.05, 3.63) is 32.5 Å². The summed E-state index contributed by atoms with van der Waals surface area (Å²) >= 11 is 8.44. The van der Waals surface area contributed by atoms with E-state index in [4.69, 9.17) is 11.6 Å². The van der Waals surface area contributed by atoms with Gasteiger partial charge in [-0.25, -0.2) is 4.98 Å². The van der Waals surface area contributed by atoms with Gasteiger partial charge in [-0.1, -0.05) is 0 Å². The summed E-state index contributed by atoms with van der Waals surface area (Å²) < 4.78 is 0.223. The highest BCUT2D eigenvalue weighted by Gasteiger charge is 2.12. The van der Waals surface area contributed by atoms with Crippen molar-refractivity contribution in [3.63, 3.8) is 0 Å². The normalized spacial score (nSPS) is 9.83. The maximum Gasteiger partial charge on any atom is 0.302 e. The van der Waals surface area contributed by atoms with Crippen molar-refractivity contribution in [2.75, 3.05) is 0 Å². The average molecular weight is 251 g/mol. The zero-order valence-electron chi connectivity index (χ0n) is 5.83. The van der Waals surface area contributed by atoms with Gasteiger partial charge in [-0.3, -0.25) is 10.1 Å². The molecule has 0 radical (unpaired) electrons.